The molecule has 1 aliphatic heterocycles. The minimum atomic E-state index is -0.514. The minimum absolute atomic E-state index is 0.0175. The molecule has 3 aromatic rings. The number of carbonyl (C=O) groups excluding carboxylic acids is 2. The van der Waals surface area contributed by atoms with Gasteiger partial charge in [0.25, 0.3) is 0 Å². The SMILES string of the molecule is CC(C)(C)OC(=O)CC1CCC(=O)N(CCNCCCCCNc2nc3ccccc3[nH]2)c2ccccc21. The van der Waals surface area contributed by atoms with Gasteiger partial charge < -0.3 is 25.3 Å². The van der Waals surface area contributed by atoms with Gasteiger partial charge in [-0.25, -0.2) is 4.98 Å². The largest absolute Gasteiger partial charge is 0.460 e. The predicted molar refractivity (Wildman–Crippen MR) is 153 cm³/mol. The van der Waals surface area contributed by atoms with Crippen molar-refractivity contribution in [1.29, 1.82) is 0 Å². The molecule has 1 unspecified atom stereocenters. The Morgan fingerprint density at radius 3 is 2.63 bits per heavy atom. The molecule has 204 valence electrons. The van der Waals surface area contributed by atoms with E-state index in [0.717, 1.165) is 67.1 Å². The molecule has 0 fully saturated rings. The van der Waals surface area contributed by atoms with Crippen molar-refractivity contribution in [1.82, 2.24) is 15.3 Å². The summed E-state index contributed by atoms with van der Waals surface area (Å²) in [7, 11) is 0. The molecule has 8 heteroatoms. The van der Waals surface area contributed by atoms with Crippen LogP contribution in [-0.4, -0.2) is 53.6 Å². The van der Waals surface area contributed by atoms with Crippen molar-refractivity contribution in [2.24, 2.45) is 0 Å². The monoisotopic (exact) mass is 519 g/mol. The molecular weight excluding hydrogens is 478 g/mol. The van der Waals surface area contributed by atoms with Crippen molar-refractivity contribution < 1.29 is 14.3 Å². The van der Waals surface area contributed by atoms with Gasteiger partial charge in [-0.15, -0.1) is 0 Å². The molecule has 0 spiro atoms. The fourth-order valence-electron chi connectivity index (χ4n) is 4.95. The lowest BCUT2D eigenvalue weighted by atomic mass is 9.91. The molecule has 1 aliphatic rings. The third-order valence-electron chi connectivity index (χ3n) is 6.73. The summed E-state index contributed by atoms with van der Waals surface area (Å²) in [5.74, 6) is 0.700. The molecule has 0 aliphatic carbocycles. The van der Waals surface area contributed by atoms with Crippen molar-refractivity contribution in [2.75, 3.05) is 36.4 Å². The van der Waals surface area contributed by atoms with Crippen LogP contribution in [0.4, 0.5) is 11.6 Å². The quantitative estimate of drug-likeness (QED) is 0.220. The number of aromatic amines is 1. The third kappa shape index (κ3) is 7.81. The fourth-order valence-corrected chi connectivity index (χ4v) is 4.95. The molecule has 2 aromatic carbocycles. The van der Waals surface area contributed by atoms with E-state index in [1.54, 1.807) is 0 Å². The number of para-hydroxylation sites is 3. The number of imidazole rings is 1. The van der Waals surface area contributed by atoms with Gasteiger partial charge in [0.2, 0.25) is 11.9 Å². The molecule has 1 aromatic heterocycles. The van der Waals surface area contributed by atoms with Crippen LogP contribution in [0.3, 0.4) is 0 Å². The van der Waals surface area contributed by atoms with Gasteiger partial charge >= 0.3 is 5.97 Å². The topological polar surface area (TPSA) is 99.3 Å². The van der Waals surface area contributed by atoms with Gasteiger partial charge in [-0.1, -0.05) is 36.8 Å². The van der Waals surface area contributed by atoms with Crippen LogP contribution in [0.15, 0.2) is 48.5 Å². The molecule has 0 radical (unpaired) electrons. The molecule has 3 N–H and O–H groups in total. The minimum Gasteiger partial charge on any atom is -0.460 e. The number of nitrogens with one attached hydrogen (secondary N) is 3. The fraction of sp³-hybridized carbons (Fsp3) is 0.500. The number of H-pyrrole nitrogens is 1. The average Bonchev–Trinajstić information content (AvgIpc) is 3.24. The Balaban J connectivity index is 1.18. The summed E-state index contributed by atoms with van der Waals surface area (Å²) in [5, 5.41) is 6.86. The number of nitrogens with zero attached hydrogens (tertiary/aromatic N) is 2. The summed E-state index contributed by atoms with van der Waals surface area (Å²) in [4.78, 5) is 35.3. The van der Waals surface area contributed by atoms with Gasteiger partial charge in [-0.2, -0.15) is 0 Å². The molecule has 4 rings (SSSR count). The smallest absolute Gasteiger partial charge is 0.306 e. The van der Waals surface area contributed by atoms with Gasteiger partial charge in [0.05, 0.1) is 17.5 Å². The number of ether oxygens (including phenoxy) is 1. The number of aromatic nitrogens is 2. The lowest BCUT2D eigenvalue weighted by Gasteiger charge is -2.25. The van der Waals surface area contributed by atoms with Crippen LogP contribution in [0.2, 0.25) is 0 Å². The van der Waals surface area contributed by atoms with E-state index in [1.807, 2.05) is 74.2 Å². The first kappa shape index (κ1) is 27.6. The first-order chi connectivity index (χ1) is 18.3. The first-order valence-corrected chi connectivity index (χ1v) is 13.8. The second kappa shape index (κ2) is 12.9. The number of unbranched alkanes of at least 4 members (excludes halogenated alkanes) is 2. The number of rotatable bonds is 12. The molecule has 8 nitrogen and oxygen atoms in total. The lowest BCUT2D eigenvalue weighted by molar-refractivity contribution is -0.155. The summed E-state index contributed by atoms with van der Waals surface area (Å²) in [6.07, 6.45) is 4.62. The van der Waals surface area contributed by atoms with Crippen LogP contribution in [0.5, 0.6) is 0 Å². The molecule has 38 heavy (non-hydrogen) atoms. The molecule has 0 saturated carbocycles. The van der Waals surface area contributed by atoms with Gasteiger partial charge in [-0.05, 0) is 76.3 Å². The summed E-state index contributed by atoms with van der Waals surface area (Å²) >= 11 is 0. The number of hydrogen-bond donors (Lipinski definition) is 3. The highest BCUT2D eigenvalue weighted by Crippen LogP contribution is 2.37. The standard InChI is InChI=1S/C30H41N5O3/c1-30(2,3)38-28(37)21-22-15-16-27(36)35(26-14-8-5-11-23(22)26)20-19-31-17-9-4-10-18-32-29-33-24-12-6-7-13-25(24)34-29/h5-8,11-14,22,31H,4,9-10,15-21H2,1-3H3,(H2,32,33,34). The Kier molecular flexibility index (Phi) is 9.39. The molecular formula is C30H41N5O3. The van der Waals surface area contributed by atoms with Crippen molar-refractivity contribution in [3.63, 3.8) is 0 Å². The van der Waals surface area contributed by atoms with E-state index < -0.39 is 5.60 Å². The Labute approximate surface area is 225 Å². The molecule has 1 atom stereocenters. The highest BCUT2D eigenvalue weighted by Gasteiger charge is 2.30. The van der Waals surface area contributed by atoms with Crippen molar-refractivity contribution >= 4 is 34.5 Å². The van der Waals surface area contributed by atoms with E-state index in [-0.39, 0.29) is 17.8 Å². The number of amides is 1. The van der Waals surface area contributed by atoms with Crippen LogP contribution in [0.25, 0.3) is 11.0 Å². The zero-order chi connectivity index (χ0) is 27.0. The molecule has 0 saturated heterocycles. The second-order valence-corrected chi connectivity index (χ2v) is 11.0. The lowest BCUT2D eigenvalue weighted by Crippen LogP contribution is -2.36. The number of fused-ring (bicyclic) bond motifs is 2. The summed E-state index contributed by atoms with van der Waals surface area (Å²) in [6.45, 7) is 8.77. The van der Waals surface area contributed by atoms with Gasteiger partial charge in [0, 0.05) is 31.7 Å². The Hall–Kier alpha value is -3.39. The summed E-state index contributed by atoms with van der Waals surface area (Å²) in [6, 6.07) is 16.0. The normalized spacial score (nSPS) is 15.8. The maximum absolute atomic E-state index is 13.0. The van der Waals surface area contributed by atoms with Gasteiger partial charge in [-0.3, -0.25) is 9.59 Å². The van der Waals surface area contributed by atoms with Crippen molar-refractivity contribution in [3.8, 4) is 0 Å². The van der Waals surface area contributed by atoms with E-state index in [2.05, 4.69) is 20.6 Å². The second-order valence-electron chi connectivity index (χ2n) is 11.0. The maximum Gasteiger partial charge on any atom is 0.306 e. The third-order valence-corrected chi connectivity index (χ3v) is 6.73. The van der Waals surface area contributed by atoms with E-state index in [1.165, 1.54) is 0 Å². The number of carbonyl (C=O) groups is 2. The molecule has 1 amide bonds. The zero-order valence-corrected chi connectivity index (χ0v) is 22.9. The van der Waals surface area contributed by atoms with Gasteiger partial charge in [0.1, 0.15) is 5.60 Å². The van der Waals surface area contributed by atoms with Crippen molar-refractivity contribution in [2.45, 2.75) is 70.8 Å². The molecule has 2 heterocycles. The Morgan fingerprint density at radius 2 is 1.82 bits per heavy atom. The summed E-state index contributed by atoms with van der Waals surface area (Å²) < 4.78 is 5.56. The predicted octanol–water partition coefficient (Wildman–Crippen LogP) is 5.38. The first-order valence-electron chi connectivity index (χ1n) is 13.8. The highest BCUT2D eigenvalue weighted by molar-refractivity contribution is 5.95. The van der Waals surface area contributed by atoms with E-state index in [0.29, 0.717) is 25.8 Å². The number of esters is 1. The average molecular weight is 520 g/mol. The number of hydrogen-bond acceptors (Lipinski definition) is 6. The van der Waals surface area contributed by atoms with Crippen LogP contribution < -0.4 is 15.5 Å². The van der Waals surface area contributed by atoms with Crippen molar-refractivity contribution in [3.05, 3.63) is 54.1 Å². The zero-order valence-electron chi connectivity index (χ0n) is 22.9. The van der Waals surface area contributed by atoms with Crippen LogP contribution >= 0.6 is 0 Å². The van der Waals surface area contributed by atoms with Crippen LogP contribution in [-0.2, 0) is 14.3 Å². The number of anilines is 2. The van der Waals surface area contributed by atoms with Gasteiger partial charge in [0.15, 0.2) is 0 Å². The van der Waals surface area contributed by atoms with E-state index >= 15 is 0 Å². The van der Waals surface area contributed by atoms with Crippen LogP contribution in [0, 0.1) is 0 Å². The maximum atomic E-state index is 13.0. The van der Waals surface area contributed by atoms with E-state index in [9.17, 15) is 9.59 Å². The van der Waals surface area contributed by atoms with E-state index in [4.69, 9.17) is 4.74 Å². The van der Waals surface area contributed by atoms with Crippen LogP contribution in [0.1, 0.15) is 70.8 Å². The number of benzene rings is 2. The summed E-state index contributed by atoms with van der Waals surface area (Å²) in [5.41, 5.74) is 3.48. The highest BCUT2D eigenvalue weighted by atomic mass is 16.6. The Morgan fingerprint density at radius 1 is 1.05 bits per heavy atom. The Bertz CT molecular complexity index is 1180. The molecule has 0 bridgehead atoms.